The highest BCUT2D eigenvalue weighted by atomic mass is 16.1. The van der Waals surface area contributed by atoms with Gasteiger partial charge in [0.1, 0.15) is 5.84 Å². The number of nitrogens with zero attached hydrogens (tertiary/aromatic N) is 1. The summed E-state index contributed by atoms with van der Waals surface area (Å²) in [6, 6.07) is 5.41. The molecule has 14 heavy (non-hydrogen) atoms. The number of hydrazone groups is 1. The lowest BCUT2D eigenvalue weighted by Crippen LogP contribution is -2.15. The first-order chi connectivity index (χ1) is 6.70. The van der Waals surface area contributed by atoms with Gasteiger partial charge in [-0.25, -0.2) is 0 Å². The Morgan fingerprint density at radius 3 is 3.00 bits per heavy atom. The van der Waals surface area contributed by atoms with Crippen molar-refractivity contribution in [2.24, 2.45) is 16.7 Å². The summed E-state index contributed by atoms with van der Waals surface area (Å²) in [6.45, 7) is 0. The van der Waals surface area contributed by atoms with Gasteiger partial charge < -0.3 is 16.9 Å². The zero-order chi connectivity index (χ0) is 10.1. The maximum atomic E-state index is 11.1. The zero-order valence-electron chi connectivity index (χ0n) is 7.45. The number of nitrogens with two attached hydrogens (primary N) is 2. The molecule has 1 aliphatic rings. The minimum atomic E-state index is 0.000378. The number of amides is 1. The van der Waals surface area contributed by atoms with Gasteiger partial charge in [-0.2, -0.15) is 5.10 Å². The summed E-state index contributed by atoms with van der Waals surface area (Å²) in [4.78, 5) is 11.1. The van der Waals surface area contributed by atoms with E-state index in [4.69, 9.17) is 11.6 Å². The molecule has 72 valence electrons. The standard InChI is InChI=1S/C9H10N4O/c10-9(13-11)6-2-1-5-4-8(14)12-7(5)3-6/h1-3H,4,11H2,(H2,10,13)(H,12,14). The number of anilines is 1. The van der Waals surface area contributed by atoms with E-state index in [-0.39, 0.29) is 11.7 Å². The molecule has 0 saturated heterocycles. The Hall–Kier alpha value is -2.04. The highest BCUT2D eigenvalue weighted by Crippen LogP contribution is 2.23. The molecule has 0 saturated carbocycles. The lowest BCUT2D eigenvalue weighted by Gasteiger charge is -2.02. The number of hydrogen-bond acceptors (Lipinski definition) is 3. The molecule has 0 spiro atoms. The summed E-state index contributed by atoms with van der Waals surface area (Å²) in [5.74, 6) is 5.31. The number of rotatable bonds is 1. The Kier molecular flexibility index (Phi) is 1.85. The number of fused-ring (bicyclic) bond motifs is 1. The second-order valence-electron chi connectivity index (χ2n) is 3.11. The van der Waals surface area contributed by atoms with Crippen LogP contribution in [0.2, 0.25) is 0 Å². The van der Waals surface area contributed by atoms with Gasteiger partial charge >= 0.3 is 0 Å². The van der Waals surface area contributed by atoms with Crippen LogP contribution in [0.3, 0.4) is 0 Å². The van der Waals surface area contributed by atoms with Gasteiger partial charge in [0.15, 0.2) is 0 Å². The molecule has 1 amide bonds. The van der Waals surface area contributed by atoms with Crippen molar-refractivity contribution in [2.75, 3.05) is 5.32 Å². The fourth-order valence-corrected chi connectivity index (χ4v) is 1.45. The predicted octanol–water partition coefficient (Wildman–Crippen LogP) is -0.240. The first kappa shape index (κ1) is 8.55. The van der Waals surface area contributed by atoms with Gasteiger partial charge in [-0.05, 0) is 11.6 Å². The number of carbonyl (C=O) groups is 1. The minimum Gasteiger partial charge on any atom is -0.382 e. The Morgan fingerprint density at radius 1 is 1.50 bits per heavy atom. The molecular weight excluding hydrogens is 180 g/mol. The van der Waals surface area contributed by atoms with Gasteiger partial charge in [-0.15, -0.1) is 0 Å². The van der Waals surface area contributed by atoms with Gasteiger partial charge in [-0.1, -0.05) is 12.1 Å². The molecule has 0 fully saturated rings. The lowest BCUT2D eigenvalue weighted by molar-refractivity contribution is -0.115. The van der Waals surface area contributed by atoms with E-state index >= 15 is 0 Å². The monoisotopic (exact) mass is 190 g/mol. The molecule has 0 unspecified atom stereocenters. The number of benzene rings is 1. The quantitative estimate of drug-likeness (QED) is 0.247. The molecule has 1 aromatic carbocycles. The minimum absolute atomic E-state index is 0.000378. The Balaban J connectivity index is 2.42. The van der Waals surface area contributed by atoms with E-state index in [1.54, 1.807) is 12.1 Å². The average molecular weight is 190 g/mol. The van der Waals surface area contributed by atoms with E-state index in [9.17, 15) is 4.79 Å². The summed E-state index contributed by atoms with van der Waals surface area (Å²) < 4.78 is 0. The molecule has 2 rings (SSSR count). The highest BCUT2D eigenvalue weighted by molar-refractivity contribution is 6.03. The average Bonchev–Trinajstić information content (AvgIpc) is 2.55. The topological polar surface area (TPSA) is 93.5 Å². The SMILES string of the molecule is N/N=C(\N)c1ccc2c(c1)NC(=O)C2. The summed E-state index contributed by atoms with van der Waals surface area (Å²) in [7, 11) is 0. The van der Waals surface area contributed by atoms with E-state index < -0.39 is 0 Å². The number of nitrogens with one attached hydrogen (secondary N) is 1. The Bertz CT molecular complexity index is 425. The maximum absolute atomic E-state index is 11.1. The second-order valence-corrected chi connectivity index (χ2v) is 3.11. The molecule has 1 aromatic rings. The summed E-state index contributed by atoms with van der Waals surface area (Å²) >= 11 is 0. The largest absolute Gasteiger partial charge is 0.382 e. The predicted molar refractivity (Wildman–Crippen MR) is 53.7 cm³/mol. The smallest absolute Gasteiger partial charge is 0.228 e. The van der Waals surface area contributed by atoms with Crippen LogP contribution in [0.1, 0.15) is 11.1 Å². The van der Waals surface area contributed by atoms with Crippen LogP contribution in [0.15, 0.2) is 23.3 Å². The van der Waals surface area contributed by atoms with Crippen LogP contribution in [-0.4, -0.2) is 11.7 Å². The summed E-state index contributed by atoms with van der Waals surface area (Å²) in [5, 5.41) is 6.11. The number of amidine groups is 1. The molecular formula is C9H10N4O. The van der Waals surface area contributed by atoms with Crippen LogP contribution in [0.4, 0.5) is 5.69 Å². The van der Waals surface area contributed by atoms with E-state index in [0.717, 1.165) is 11.3 Å². The molecule has 5 heteroatoms. The molecule has 5 nitrogen and oxygen atoms in total. The van der Waals surface area contributed by atoms with Crippen molar-refractivity contribution in [3.05, 3.63) is 29.3 Å². The number of carbonyl (C=O) groups excluding carboxylic acids is 1. The third-order valence-corrected chi connectivity index (χ3v) is 2.17. The van der Waals surface area contributed by atoms with Crippen LogP contribution in [0.25, 0.3) is 0 Å². The van der Waals surface area contributed by atoms with Crippen molar-refractivity contribution in [2.45, 2.75) is 6.42 Å². The Morgan fingerprint density at radius 2 is 2.29 bits per heavy atom. The van der Waals surface area contributed by atoms with Crippen molar-refractivity contribution < 1.29 is 4.79 Å². The normalized spacial score (nSPS) is 15.1. The summed E-state index contributed by atoms with van der Waals surface area (Å²) in [5.41, 5.74) is 8.02. The van der Waals surface area contributed by atoms with Crippen LogP contribution >= 0.6 is 0 Å². The molecule has 0 aromatic heterocycles. The van der Waals surface area contributed by atoms with Crippen LogP contribution in [0.5, 0.6) is 0 Å². The molecule has 1 heterocycles. The van der Waals surface area contributed by atoms with Gasteiger partial charge in [0, 0.05) is 11.3 Å². The van der Waals surface area contributed by atoms with Crippen LogP contribution in [0, 0.1) is 0 Å². The number of hydrogen-bond donors (Lipinski definition) is 3. The van der Waals surface area contributed by atoms with E-state index in [1.165, 1.54) is 0 Å². The van der Waals surface area contributed by atoms with Crippen molar-refractivity contribution in [3.63, 3.8) is 0 Å². The van der Waals surface area contributed by atoms with Crippen molar-refractivity contribution in [1.82, 2.24) is 0 Å². The first-order valence-electron chi connectivity index (χ1n) is 4.17. The molecule has 0 aliphatic carbocycles. The highest BCUT2D eigenvalue weighted by Gasteiger charge is 2.17. The third-order valence-electron chi connectivity index (χ3n) is 2.17. The maximum Gasteiger partial charge on any atom is 0.228 e. The van der Waals surface area contributed by atoms with Gasteiger partial charge in [-0.3, -0.25) is 4.79 Å². The zero-order valence-corrected chi connectivity index (χ0v) is 7.45. The molecule has 0 atom stereocenters. The molecule has 1 aliphatic heterocycles. The molecule has 5 N–H and O–H groups in total. The van der Waals surface area contributed by atoms with Crippen LogP contribution < -0.4 is 16.9 Å². The first-order valence-corrected chi connectivity index (χ1v) is 4.17. The van der Waals surface area contributed by atoms with Crippen molar-refractivity contribution >= 4 is 17.4 Å². The fraction of sp³-hybridized carbons (Fsp3) is 0.111. The van der Waals surface area contributed by atoms with E-state index in [1.807, 2.05) is 6.07 Å². The van der Waals surface area contributed by atoms with Crippen molar-refractivity contribution in [1.29, 1.82) is 0 Å². The fourth-order valence-electron chi connectivity index (χ4n) is 1.45. The van der Waals surface area contributed by atoms with Gasteiger partial charge in [0.2, 0.25) is 5.91 Å². The van der Waals surface area contributed by atoms with E-state index in [2.05, 4.69) is 10.4 Å². The van der Waals surface area contributed by atoms with Crippen molar-refractivity contribution in [3.8, 4) is 0 Å². The lowest BCUT2D eigenvalue weighted by atomic mass is 10.1. The van der Waals surface area contributed by atoms with Gasteiger partial charge in [0.25, 0.3) is 0 Å². The molecule has 0 radical (unpaired) electrons. The second kappa shape index (κ2) is 3.02. The molecule has 0 bridgehead atoms. The van der Waals surface area contributed by atoms with E-state index in [0.29, 0.717) is 12.0 Å². The van der Waals surface area contributed by atoms with Gasteiger partial charge in [0.05, 0.1) is 6.42 Å². The Labute approximate surface area is 80.8 Å². The third kappa shape index (κ3) is 1.28. The summed E-state index contributed by atoms with van der Waals surface area (Å²) in [6.07, 6.45) is 0.426. The van der Waals surface area contributed by atoms with Crippen LogP contribution in [-0.2, 0) is 11.2 Å².